The van der Waals surface area contributed by atoms with Crippen molar-refractivity contribution in [2.24, 2.45) is 0 Å². The number of piperazine rings is 1. The number of halogens is 1. The summed E-state index contributed by atoms with van der Waals surface area (Å²) in [4.78, 5) is 5.02. The third-order valence-electron chi connectivity index (χ3n) is 4.17. The van der Waals surface area contributed by atoms with Gasteiger partial charge in [0.25, 0.3) is 0 Å². The molecule has 2 aliphatic heterocycles. The van der Waals surface area contributed by atoms with E-state index in [-0.39, 0.29) is 0 Å². The molecule has 4 heteroatoms. The third kappa shape index (κ3) is 2.29. The second-order valence-corrected chi connectivity index (χ2v) is 5.77. The SMILES string of the molecule is Nc1ccc(Cl)cc1N1CCN2CCCCC2C1. The number of nitrogens with zero attached hydrogens (tertiary/aromatic N) is 2. The number of hydrogen-bond acceptors (Lipinski definition) is 3. The Hall–Kier alpha value is -0.930. The van der Waals surface area contributed by atoms with Crippen LogP contribution in [-0.2, 0) is 0 Å². The molecule has 1 atom stereocenters. The summed E-state index contributed by atoms with van der Waals surface area (Å²) >= 11 is 6.08. The van der Waals surface area contributed by atoms with E-state index >= 15 is 0 Å². The summed E-state index contributed by atoms with van der Waals surface area (Å²) in [5, 5.41) is 0.769. The van der Waals surface area contributed by atoms with Gasteiger partial charge in [-0.15, -0.1) is 0 Å². The Bertz CT molecular complexity index is 435. The van der Waals surface area contributed by atoms with Crippen LogP contribution < -0.4 is 10.6 Å². The van der Waals surface area contributed by atoms with Crippen LogP contribution in [0.15, 0.2) is 18.2 Å². The number of nitrogen functional groups attached to an aromatic ring is 1. The Balaban J connectivity index is 1.79. The molecule has 2 aliphatic rings. The molecule has 0 amide bonds. The van der Waals surface area contributed by atoms with E-state index in [1.807, 2.05) is 18.2 Å². The fourth-order valence-electron chi connectivity index (χ4n) is 3.17. The van der Waals surface area contributed by atoms with Gasteiger partial charge in [-0.3, -0.25) is 4.90 Å². The monoisotopic (exact) mass is 265 g/mol. The van der Waals surface area contributed by atoms with Gasteiger partial charge in [0, 0.05) is 30.7 Å². The number of piperidine rings is 1. The molecule has 2 N–H and O–H groups in total. The molecule has 0 bridgehead atoms. The summed E-state index contributed by atoms with van der Waals surface area (Å²) in [7, 11) is 0. The first-order valence-electron chi connectivity index (χ1n) is 6.78. The quantitative estimate of drug-likeness (QED) is 0.793. The highest BCUT2D eigenvalue weighted by Gasteiger charge is 2.29. The molecule has 0 spiro atoms. The molecule has 2 saturated heterocycles. The third-order valence-corrected chi connectivity index (χ3v) is 4.41. The molecule has 0 radical (unpaired) electrons. The first-order valence-corrected chi connectivity index (χ1v) is 7.16. The van der Waals surface area contributed by atoms with Gasteiger partial charge in [-0.25, -0.2) is 0 Å². The molecule has 0 aromatic heterocycles. The number of fused-ring (bicyclic) bond motifs is 1. The zero-order valence-corrected chi connectivity index (χ0v) is 11.4. The van der Waals surface area contributed by atoms with Crippen LogP contribution in [0.25, 0.3) is 0 Å². The van der Waals surface area contributed by atoms with Gasteiger partial charge in [-0.05, 0) is 37.6 Å². The second-order valence-electron chi connectivity index (χ2n) is 5.33. The Morgan fingerprint density at radius 1 is 1.17 bits per heavy atom. The van der Waals surface area contributed by atoms with Crippen molar-refractivity contribution in [3.8, 4) is 0 Å². The van der Waals surface area contributed by atoms with Gasteiger partial charge in [0.2, 0.25) is 0 Å². The van der Waals surface area contributed by atoms with Crippen molar-refractivity contribution in [1.29, 1.82) is 0 Å². The molecule has 3 rings (SSSR count). The standard InChI is InChI=1S/C14H20ClN3/c15-11-4-5-13(16)14(9-11)18-8-7-17-6-2-1-3-12(17)10-18/h4-5,9,12H,1-3,6-8,10,16H2. The smallest absolute Gasteiger partial charge is 0.0615 e. The van der Waals surface area contributed by atoms with E-state index in [2.05, 4.69) is 9.80 Å². The lowest BCUT2D eigenvalue weighted by Gasteiger charge is -2.45. The van der Waals surface area contributed by atoms with Gasteiger partial charge in [-0.2, -0.15) is 0 Å². The molecule has 1 aromatic rings. The predicted octanol–water partition coefficient (Wildman–Crippen LogP) is 2.60. The molecule has 98 valence electrons. The minimum Gasteiger partial charge on any atom is -0.397 e. The van der Waals surface area contributed by atoms with Crippen LogP contribution in [0.3, 0.4) is 0 Å². The zero-order chi connectivity index (χ0) is 12.5. The van der Waals surface area contributed by atoms with E-state index in [0.717, 1.165) is 36.0 Å². The lowest BCUT2D eigenvalue weighted by atomic mass is 9.99. The second kappa shape index (κ2) is 4.98. The Morgan fingerprint density at radius 2 is 2.06 bits per heavy atom. The number of nitrogens with two attached hydrogens (primary N) is 1. The highest BCUT2D eigenvalue weighted by atomic mass is 35.5. The minimum atomic E-state index is 0.700. The average Bonchev–Trinajstić information content (AvgIpc) is 2.41. The molecule has 2 heterocycles. The van der Waals surface area contributed by atoms with Crippen molar-refractivity contribution >= 4 is 23.0 Å². The lowest BCUT2D eigenvalue weighted by molar-refractivity contribution is 0.133. The summed E-state index contributed by atoms with van der Waals surface area (Å²) in [6, 6.07) is 6.46. The molecule has 0 saturated carbocycles. The number of rotatable bonds is 1. The number of anilines is 2. The van der Waals surface area contributed by atoms with Crippen LogP contribution >= 0.6 is 11.6 Å². The van der Waals surface area contributed by atoms with Crippen molar-refractivity contribution < 1.29 is 0 Å². The van der Waals surface area contributed by atoms with E-state index in [1.165, 1.54) is 25.8 Å². The topological polar surface area (TPSA) is 32.5 Å². The molecule has 18 heavy (non-hydrogen) atoms. The maximum atomic E-state index is 6.08. The van der Waals surface area contributed by atoms with Crippen molar-refractivity contribution in [3.63, 3.8) is 0 Å². The predicted molar refractivity (Wildman–Crippen MR) is 77.3 cm³/mol. The summed E-state index contributed by atoms with van der Waals surface area (Å²) < 4.78 is 0. The van der Waals surface area contributed by atoms with Gasteiger partial charge < -0.3 is 10.6 Å². The first-order chi connectivity index (χ1) is 8.74. The summed E-state index contributed by atoms with van der Waals surface area (Å²) in [5.74, 6) is 0. The largest absolute Gasteiger partial charge is 0.397 e. The highest BCUT2D eigenvalue weighted by molar-refractivity contribution is 6.31. The van der Waals surface area contributed by atoms with Crippen molar-refractivity contribution in [2.75, 3.05) is 36.8 Å². The van der Waals surface area contributed by atoms with E-state index < -0.39 is 0 Å². The van der Waals surface area contributed by atoms with E-state index in [9.17, 15) is 0 Å². The molecule has 1 unspecified atom stereocenters. The summed E-state index contributed by atoms with van der Waals surface area (Å²) in [6.07, 6.45) is 4.03. The van der Waals surface area contributed by atoms with Gasteiger partial charge in [0.1, 0.15) is 0 Å². The lowest BCUT2D eigenvalue weighted by Crippen LogP contribution is -2.55. The molecule has 1 aromatic carbocycles. The van der Waals surface area contributed by atoms with Crippen molar-refractivity contribution in [3.05, 3.63) is 23.2 Å². The van der Waals surface area contributed by atoms with E-state index in [0.29, 0.717) is 6.04 Å². The van der Waals surface area contributed by atoms with E-state index in [4.69, 9.17) is 17.3 Å². The first kappa shape index (κ1) is 12.1. The molecular weight excluding hydrogens is 246 g/mol. The van der Waals surface area contributed by atoms with Crippen LogP contribution in [0.5, 0.6) is 0 Å². The highest BCUT2D eigenvalue weighted by Crippen LogP contribution is 2.30. The average molecular weight is 266 g/mol. The van der Waals surface area contributed by atoms with Gasteiger partial charge >= 0.3 is 0 Å². The van der Waals surface area contributed by atoms with E-state index in [1.54, 1.807) is 0 Å². The molecule has 2 fully saturated rings. The van der Waals surface area contributed by atoms with Crippen LogP contribution in [0.2, 0.25) is 5.02 Å². The number of benzene rings is 1. The van der Waals surface area contributed by atoms with Gasteiger partial charge in [0.15, 0.2) is 0 Å². The fraction of sp³-hybridized carbons (Fsp3) is 0.571. The van der Waals surface area contributed by atoms with Crippen LogP contribution in [-0.4, -0.2) is 37.1 Å². The van der Waals surface area contributed by atoms with Crippen LogP contribution in [0, 0.1) is 0 Å². The van der Waals surface area contributed by atoms with Crippen LogP contribution in [0.4, 0.5) is 11.4 Å². The molecule has 3 nitrogen and oxygen atoms in total. The Labute approximate surface area is 114 Å². The Morgan fingerprint density at radius 3 is 2.94 bits per heavy atom. The minimum absolute atomic E-state index is 0.700. The van der Waals surface area contributed by atoms with Gasteiger partial charge in [0.05, 0.1) is 11.4 Å². The Kier molecular flexibility index (Phi) is 3.35. The zero-order valence-electron chi connectivity index (χ0n) is 10.6. The van der Waals surface area contributed by atoms with Crippen LogP contribution in [0.1, 0.15) is 19.3 Å². The number of hydrogen-bond donors (Lipinski definition) is 1. The van der Waals surface area contributed by atoms with Crippen molar-refractivity contribution in [2.45, 2.75) is 25.3 Å². The van der Waals surface area contributed by atoms with Gasteiger partial charge in [-0.1, -0.05) is 18.0 Å². The maximum Gasteiger partial charge on any atom is 0.0615 e. The van der Waals surface area contributed by atoms with Crippen molar-refractivity contribution in [1.82, 2.24) is 4.90 Å². The fourth-order valence-corrected chi connectivity index (χ4v) is 3.33. The summed E-state index contributed by atoms with van der Waals surface area (Å²) in [6.45, 7) is 4.56. The maximum absolute atomic E-state index is 6.08. The molecule has 0 aliphatic carbocycles. The normalized spacial score (nSPS) is 24.9. The summed E-state index contributed by atoms with van der Waals surface area (Å²) in [5.41, 5.74) is 8.02. The molecular formula is C14H20ClN3.